The number of hydrogen-bond acceptors (Lipinski definition) is 5. The highest BCUT2D eigenvalue weighted by molar-refractivity contribution is 6.30. The lowest BCUT2D eigenvalue weighted by Crippen LogP contribution is -2.47. The second kappa shape index (κ2) is 6.13. The predicted octanol–water partition coefficient (Wildman–Crippen LogP) is 2.90. The molecule has 1 aliphatic heterocycles. The lowest BCUT2D eigenvalue weighted by Gasteiger charge is -2.38. The molecule has 0 atom stereocenters. The molecule has 0 amide bonds. The molecule has 2 aromatic heterocycles. The van der Waals surface area contributed by atoms with Gasteiger partial charge in [-0.3, -0.25) is 0 Å². The number of anilines is 2. The van der Waals surface area contributed by atoms with E-state index in [9.17, 15) is 0 Å². The number of aryl methyl sites for hydroxylation is 2. The van der Waals surface area contributed by atoms with Gasteiger partial charge in [-0.2, -0.15) is 9.50 Å². The van der Waals surface area contributed by atoms with Crippen molar-refractivity contribution in [2.75, 3.05) is 36.0 Å². The predicted molar refractivity (Wildman–Crippen MR) is 103 cm³/mol. The maximum absolute atomic E-state index is 6.16. The van der Waals surface area contributed by atoms with Crippen LogP contribution >= 0.6 is 11.6 Å². The Labute approximate surface area is 157 Å². The molecule has 0 saturated carbocycles. The van der Waals surface area contributed by atoms with Crippen molar-refractivity contribution < 1.29 is 0 Å². The van der Waals surface area contributed by atoms with Crippen molar-refractivity contribution in [3.63, 3.8) is 0 Å². The van der Waals surface area contributed by atoms with Gasteiger partial charge in [-0.15, -0.1) is 5.10 Å². The van der Waals surface area contributed by atoms with Gasteiger partial charge in [0.1, 0.15) is 11.6 Å². The van der Waals surface area contributed by atoms with Crippen LogP contribution in [0, 0.1) is 6.92 Å². The van der Waals surface area contributed by atoms with E-state index in [1.807, 2.05) is 29.6 Å². The molecule has 6 nitrogen and oxygen atoms in total. The average molecular weight is 369 g/mol. The standard InChI is InChI=1S/C19H21ClN6/c1-13-21-19-22-17-7-3-6-16(17)18(26(19)23-13)25-10-8-24(9-11-25)15-5-2-4-14(20)12-15/h2,4-5,12H,3,6-11H2,1H3. The summed E-state index contributed by atoms with van der Waals surface area (Å²) in [4.78, 5) is 14.1. The van der Waals surface area contributed by atoms with Crippen LogP contribution < -0.4 is 9.80 Å². The van der Waals surface area contributed by atoms with Crippen molar-refractivity contribution in [3.05, 3.63) is 46.4 Å². The van der Waals surface area contributed by atoms with Gasteiger partial charge >= 0.3 is 0 Å². The van der Waals surface area contributed by atoms with Crippen LogP contribution in [0.5, 0.6) is 0 Å². The molecule has 1 aliphatic carbocycles. The fraction of sp³-hybridized carbons (Fsp3) is 0.421. The summed E-state index contributed by atoms with van der Waals surface area (Å²) in [7, 11) is 0. The van der Waals surface area contributed by atoms with E-state index in [0.29, 0.717) is 0 Å². The second-order valence-corrected chi connectivity index (χ2v) is 7.48. The summed E-state index contributed by atoms with van der Waals surface area (Å²) in [5.74, 6) is 2.71. The summed E-state index contributed by atoms with van der Waals surface area (Å²) in [5, 5.41) is 5.41. The maximum Gasteiger partial charge on any atom is 0.254 e. The van der Waals surface area contributed by atoms with Crippen molar-refractivity contribution in [3.8, 4) is 0 Å². The summed E-state index contributed by atoms with van der Waals surface area (Å²) < 4.78 is 1.95. The Bertz CT molecular complexity index is 974. The molecular weight excluding hydrogens is 348 g/mol. The molecular formula is C19H21ClN6. The third-order valence-corrected chi connectivity index (χ3v) is 5.58. The number of benzene rings is 1. The lowest BCUT2D eigenvalue weighted by molar-refractivity contribution is 0.635. The fourth-order valence-electron chi connectivity index (χ4n) is 4.13. The van der Waals surface area contributed by atoms with Crippen LogP contribution in [0.25, 0.3) is 5.78 Å². The van der Waals surface area contributed by atoms with E-state index in [4.69, 9.17) is 16.6 Å². The van der Waals surface area contributed by atoms with E-state index in [-0.39, 0.29) is 0 Å². The number of piperazine rings is 1. The monoisotopic (exact) mass is 368 g/mol. The summed E-state index contributed by atoms with van der Waals surface area (Å²) >= 11 is 6.16. The molecule has 0 bridgehead atoms. The van der Waals surface area contributed by atoms with E-state index in [0.717, 1.165) is 55.6 Å². The van der Waals surface area contributed by atoms with Crippen LogP contribution in [0.2, 0.25) is 5.02 Å². The lowest BCUT2D eigenvalue weighted by atomic mass is 10.2. The van der Waals surface area contributed by atoms with E-state index in [1.54, 1.807) is 0 Å². The molecule has 134 valence electrons. The van der Waals surface area contributed by atoms with Gasteiger partial charge in [-0.25, -0.2) is 4.98 Å². The van der Waals surface area contributed by atoms with Crippen LogP contribution in [0.1, 0.15) is 23.5 Å². The second-order valence-electron chi connectivity index (χ2n) is 7.04. The van der Waals surface area contributed by atoms with Crippen molar-refractivity contribution in [2.45, 2.75) is 26.2 Å². The quantitative estimate of drug-likeness (QED) is 0.696. The summed E-state index contributed by atoms with van der Waals surface area (Å²) in [6, 6.07) is 8.11. The van der Waals surface area contributed by atoms with Gasteiger partial charge < -0.3 is 9.80 Å². The highest BCUT2D eigenvalue weighted by Gasteiger charge is 2.27. The number of hydrogen-bond donors (Lipinski definition) is 0. The number of nitrogens with zero attached hydrogens (tertiary/aromatic N) is 6. The minimum Gasteiger partial charge on any atom is -0.368 e. The number of rotatable bonds is 2. The zero-order valence-electron chi connectivity index (χ0n) is 14.8. The van der Waals surface area contributed by atoms with Crippen LogP contribution in [-0.4, -0.2) is 45.8 Å². The van der Waals surface area contributed by atoms with Gasteiger partial charge in [0.15, 0.2) is 0 Å². The Balaban J connectivity index is 1.47. The molecule has 1 fully saturated rings. The van der Waals surface area contributed by atoms with Gasteiger partial charge in [-0.05, 0) is 44.4 Å². The third-order valence-electron chi connectivity index (χ3n) is 5.34. The molecule has 0 spiro atoms. The molecule has 0 unspecified atom stereocenters. The first-order chi connectivity index (χ1) is 12.7. The first kappa shape index (κ1) is 15.9. The molecule has 1 aromatic carbocycles. The first-order valence-corrected chi connectivity index (χ1v) is 9.57. The average Bonchev–Trinajstić information content (AvgIpc) is 3.25. The van der Waals surface area contributed by atoms with Gasteiger partial charge in [0.2, 0.25) is 0 Å². The van der Waals surface area contributed by atoms with Gasteiger partial charge in [0.05, 0.1) is 5.69 Å². The topological polar surface area (TPSA) is 49.6 Å². The third kappa shape index (κ3) is 2.60. The van der Waals surface area contributed by atoms with Crippen LogP contribution in [0.3, 0.4) is 0 Å². The Morgan fingerprint density at radius 3 is 2.62 bits per heavy atom. The largest absolute Gasteiger partial charge is 0.368 e. The zero-order chi connectivity index (χ0) is 17.7. The number of aromatic nitrogens is 4. The van der Waals surface area contributed by atoms with Crippen molar-refractivity contribution in [2.24, 2.45) is 0 Å². The summed E-state index contributed by atoms with van der Waals surface area (Å²) in [6.07, 6.45) is 3.30. The molecule has 26 heavy (non-hydrogen) atoms. The number of halogens is 1. The van der Waals surface area contributed by atoms with Crippen LogP contribution in [0.15, 0.2) is 24.3 Å². The van der Waals surface area contributed by atoms with Gasteiger partial charge in [-0.1, -0.05) is 17.7 Å². The summed E-state index contributed by atoms with van der Waals surface area (Å²) in [5.41, 5.74) is 3.76. The van der Waals surface area contributed by atoms with E-state index in [1.165, 1.54) is 29.2 Å². The molecule has 7 heteroatoms. The van der Waals surface area contributed by atoms with Crippen molar-refractivity contribution in [1.82, 2.24) is 19.6 Å². The molecule has 2 aliphatic rings. The van der Waals surface area contributed by atoms with E-state index < -0.39 is 0 Å². The molecule has 3 heterocycles. The Morgan fingerprint density at radius 2 is 1.81 bits per heavy atom. The smallest absolute Gasteiger partial charge is 0.254 e. The molecule has 0 N–H and O–H groups in total. The first-order valence-electron chi connectivity index (χ1n) is 9.19. The molecule has 0 radical (unpaired) electrons. The maximum atomic E-state index is 6.16. The fourth-order valence-corrected chi connectivity index (χ4v) is 4.32. The van der Waals surface area contributed by atoms with Crippen LogP contribution in [0.4, 0.5) is 11.5 Å². The Morgan fingerprint density at radius 1 is 1.00 bits per heavy atom. The zero-order valence-corrected chi connectivity index (χ0v) is 15.6. The molecule has 5 rings (SSSR count). The SMILES string of the molecule is Cc1nc2nc3c(c(N4CCN(c5cccc(Cl)c5)CC4)n2n1)CCC3. The minimum absolute atomic E-state index is 0.732. The molecule has 3 aromatic rings. The van der Waals surface area contributed by atoms with Gasteiger partial charge in [0.25, 0.3) is 5.78 Å². The van der Waals surface area contributed by atoms with Gasteiger partial charge in [0, 0.05) is 42.5 Å². The normalized spacial score (nSPS) is 17.2. The van der Waals surface area contributed by atoms with Crippen LogP contribution in [-0.2, 0) is 12.8 Å². The van der Waals surface area contributed by atoms with Crippen molar-refractivity contribution in [1.29, 1.82) is 0 Å². The van der Waals surface area contributed by atoms with E-state index >= 15 is 0 Å². The minimum atomic E-state index is 0.732. The summed E-state index contributed by atoms with van der Waals surface area (Å²) in [6.45, 7) is 5.77. The van der Waals surface area contributed by atoms with Crippen molar-refractivity contribution >= 4 is 28.9 Å². The molecule has 1 saturated heterocycles. The number of fused-ring (bicyclic) bond motifs is 2. The highest BCUT2D eigenvalue weighted by atomic mass is 35.5. The Hall–Kier alpha value is -2.34. The van der Waals surface area contributed by atoms with E-state index in [2.05, 4.69) is 25.9 Å². The Kier molecular flexibility index (Phi) is 3.74. The highest BCUT2D eigenvalue weighted by Crippen LogP contribution is 2.32.